The minimum Gasteiger partial charge on any atom is -0.312 e. The molecule has 4 rings (SSSR count). The quantitative estimate of drug-likeness (QED) is 0.626. The molecular weight excluding hydrogens is 413 g/mol. The fourth-order valence-corrected chi connectivity index (χ4v) is 4.19. The molecule has 0 bridgehead atoms. The maximum absolute atomic E-state index is 13.8. The van der Waals surface area contributed by atoms with Crippen molar-refractivity contribution in [2.45, 2.75) is 19.3 Å². The van der Waals surface area contributed by atoms with Crippen LogP contribution in [0, 0.1) is 5.82 Å². The van der Waals surface area contributed by atoms with Crippen LogP contribution in [-0.2, 0) is 16.0 Å². The maximum atomic E-state index is 13.8. The van der Waals surface area contributed by atoms with E-state index >= 15 is 0 Å². The van der Waals surface area contributed by atoms with Gasteiger partial charge >= 0.3 is 0 Å². The van der Waals surface area contributed by atoms with Crippen molar-refractivity contribution in [1.29, 1.82) is 0 Å². The van der Waals surface area contributed by atoms with Crippen LogP contribution in [0.25, 0.3) is 11.3 Å². The summed E-state index contributed by atoms with van der Waals surface area (Å²) in [5, 5.41) is 5.17. The molecular formula is C21H17ClFN3O2S. The van der Waals surface area contributed by atoms with Crippen LogP contribution in [0.2, 0.25) is 5.02 Å². The molecule has 0 radical (unpaired) electrons. The van der Waals surface area contributed by atoms with Gasteiger partial charge in [-0.3, -0.25) is 9.59 Å². The van der Waals surface area contributed by atoms with Gasteiger partial charge in [-0.15, -0.1) is 11.3 Å². The molecule has 0 atom stereocenters. The second kappa shape index (κ2) is 8.31. The molecule has 2 heterocycles. The van der Waals surface area contributed by atoms with E-state index in [1.165, 1.54) is 23.5 Å². The van der Waals surface area contributed by atoms with Crippen molar-refractivity contribution in [3.8, 4) is 11.3 Å². The van der Waals surface area contributed by atoms with Crippen molar-refractivity contribution in [3.05, 3.63) is 64.2 Å². The molecule has 0 spiro atoms. The first-order valence-electron chi connectivity index (χ1n) is 9.10. The van der Waals surface area contributed by atoms with Crippen LogP contribution < -0.4 is 10.2 Å². The summed E-state index contributed by atoms with van der Waals surface area (Å²) in [4.78, 5) is 30.3. The zero-order valence-electron chi connectivity index (χ0n) is 15.3. The smallest absolute Gasteiger partial charge is 0.230 e. The van der Waals surface area contributed by atoms with E-state index in [-0.39, 0.29) is 28.8 Å². The number of benzene rings is 2. The Hall–Kier alpha value is -2.77. The van der Waals surface area contributed by atoms with Crippen LogP contribution in [0.3, 0.4) is 0 Å². The molecule has 148 valence electrons. The number of rotatable bonds is 5. The van der Waals surface area contributed by atoms with Crippen molar-refractivity contribution in [2.24, 2.45) is 0 Å². The van der Waals surface area contributed by atoms with Crippen molar-refractivity contribution >= 4 is 45.6 Å². The van der Waals surface area contributed by atoms with Crippen molar-refractivity contribution < 1.29 is 14.0 Å². The number of carbonyl (C=O) groups is 2. The molecule has 2 amide bonds. The van der Waals surface area contributed by atoms with Crippen LogP contribution >= 0.6 is 22.9 Å². The lowest BCUT2D eigenvalue weighted by Gasteiger charge is -2.15. The van der Waals surface area contributed by atoms with E-state index in [0.717, 1.165) is 24.2 Å². The standard InChI is InChI=1S/C21H17ClFN3O2S/c22-16-3-1-4-17(23)15(16)11-19(27)25-21-24-18(12-29-21)13-6-8-14(9-7-13)26-10-2-5-20(26)28/h1,3-4,6-9,12H,2,5,10-11H2,(H,24,25,27). The van der Waals surface area contributed by atoms with E-state index in [4.69, 9.17) is 11.6 Å². The van der Waals surface area contributed by atoms with Gasteiger partial charge in [-0.25, -0.2) is 9.37 Å². The Labute approximate surface area is 176 Å². The third kappa shape index (κ3) is 4.31. The van der Waals surface area contributed by atoms with Gasteiger partial charge in [0.1, 0.15) is 5.82 Å². The molecule has 0 saturated carbocycles. The monoisotopic (exact) mass is 429 g/mol. The molecule has 1 fully saturated rings. The number of anilines is 2. The average molecular weight is 430 g/mol. The minimum absolute atomic E-state index is 0.145. The Morgan fingerprint density at radius 2 is 2.03 bits per heavy atom. The summed E-state index contributed by atoms with van der Waals surface area (Å²) in [6, 6.07) is 11.9. The first kappa shape index (κ1) is 19.5. The van der Waals surface area contributed by atoms with E-state index in [1.807, 2.05) is 29.6 Å². The molecule has 1 aliphatic heterocycles. The first-order chi connectivity index (χ1) is 14.0. The Morgan fingerprint density at radius 3 is 2.72 bits per heavy atom. The van der Waals surface area contributed by atoms with Crippen molar-refractivity contribution in [1.82, 2.24) is 4.98 Å². The zero-order chi connectivity index (χ0) is 20.4. The maximum Gasteiger partial charge on any atom is 0.230 e. The van der Waals surface area contributed by atoms with Gasteiger partial charge in [-0.05, 0) is 30.7 Å². The van der Waals surface area contributed by atoms with Crippen LogP contribution in [0.4, 0.5) is 15.2 Å². The van der Waals surface area contributed by atoms with Gasteiger partial charge in [-0.1, -0.05) is 29.8 Å². The molecule has 1 aliphatic rings. The molecule has 0 unspecified atom stereocenters. The van der Waals surface area contributed by atoms with Crippen molar-refractivity contribution in [3.63, 3.8) is 0 Å². The highest BCUT2D eigenvalue weighted by Crippen LogP contribution is 2.28. The molecule has 1 aromatic heterocycles. The highest BCUT2D eigenvalue weighted by Gasteiger charge is 2.21. The first-order valence-corrected chi connectivity index (χ1v) is 10.4. The summed E-state index contributed by atoms with van der Waals surface area (Å²) >= 11 is 7.26. The van der Waals surface area contributed by atoms with Gasteiger partial charge in [0.2, 0.25) is 11.8 Å². The molecule has 1 N–H and O–H groups in total. The van der Waals surface area contributed by atoms with Gasteiger partial charge < -0.3 is 10.2 Å². The van der Waals surface area contributed by atoms with Gasteiger partial charge in [0.15, 0.2) is 5.13 Å². The average Bonchev–Trinajstić information content (AvgIpc) is 3.34. The summed E-state index contributed by atoms with van der Waals surface area (Å²) in [5.74, 6) is -0.754. The number of hydrogen-bond acceptors (Lipinski definition) is 4. The summed E-state index contributed by atoms with van der Waals surface area (Å²) in [6.07, 6.45) is 1.31. The van der Waals surface area contributed by atoms with Gasteiger partial charge in [0.05, 0.1) is 12.1 Å². The lowest BCUT2D eigenvalue weighted by Crippen LogP contribution is -2.23. The molecule has 8 heteroatoms. The highest BCUT2D eigenvalue weighted by atomic mass is 35.5. The molecule has 1 saturated heterocycles. The number of carbonyl (C=O) groups excluding carboxylic acids is 2. The van der Waals surface area contributed by atoms with E-state index in [1.54, 1.807) is 11.0 Å². The summed E-state index contributed by atoms with van der Waals surface area (Å²) in [7, 11) is 0. The Bertz CT molecular complexity index is 1050. The van der Waals surface area contributed by atoms with Crippen LogP contribution in [-0.4, -0.2) is 23.3 Å². The number of halogens is 2. The zero-order valence-corrected chi connectivity index (χ0v) is 16.9. The van der Waals surface area contributed by atoms with Gasteiger partial charge in [0, 0.05) is 40.2 Å². The predicted octanol–water partition coefficient (Wildman–Crippen LogP) is 4.91. The van der Waals surface area contributed by atoms with E-state index in [9.17, 15) is 14.0 Å². The molecule has 0 aliphatic carbocycles. The fourth-order valence-electron chi connectivity index (χ4n) is 3.22. The Kier molecular flexibility index (Phi) is 5.60. The van der Waals surface area contributed by atoms with Gasteiger partial charge in [-0.2, -0.15) is 0 Å². The van der Waals surface area contributed by atoms with E-state index in [2.05, 4.69) is 10.3 Å². The van der Waals surface area contributed by atoms with Crippen LogP contribution in [0.15, 0.2) is 47.8 Å². The van der Waals surface area contributed by atoms with Crippen LogP contribution in [0.1, 0.15) is 18.4 Å². The third-order valence-electron chi connectivity index (χ3n) is 4.70. The number of amides is 2. The second-order valence-electron chi connectivity index (χ2n) is 6.66. The topological polar surface area (TPSA) is 62.3 Å². The molecule has 5 nitrogen and oxygen atoms in total. The summed E-state index contributed by atoms with van der Waals surface area (Å²) in [6.45, 7) is 0.747. The fraction of sp³-hybridized carbons (Fsp3) is 0.190. The summed E-state index contributed by atoms with van der Waals surface area (Å²) in [5.41, 5.74) is 2.64. The molecule has 29 heavy (non-hydrogen) atoms. The van der Waals surface area contributed by atoms with Crippen LogP contribution in [0.5, 0.6) is 0 Å². The molecule has 2 aromatic carbocycles. The number of hydrogen-bond donors (Lipinski definition) is 1. The number of nitrogens with one attached hydrogen (secondary N) is 1. The van der Waals surface area contributed by atoms with E-state index in [0.29, 0.717) is 17.2 Å². The summed E-state index contributed by atoms with van der Waals surface area (Å²) < 4.78 is 13.8. The second-order valence-corrected chi connectivity index (χ2v) is 7.92. The largest absolute Gasteiger partial charge is 0.312 e. The highest BCUT2D eigenvalue weighted by molar-refractivity contribution is 7.14. The van der Waals surface area contributed by atoms with Gasteiger partial charge in [0.25, 0.3) is 0 Å². The SMILES string of the molecule is O=C(Cc1c(F)cccc1Cl)Nc1nc(-c2ccc(N3CCCC3=O)cc2)cs1. The lowest BCUT2D eigenvalue weighted by molar-refractivity contribution is -0.117. The molecule has 3 aromatic rings. The third-order valence-corrected chi connectivity index (χ3v) is 5.81. The minimum atomic E-state index is -0.510. The number of thiazole rings is 1. The van der Waals surface area contributed by atoms with E-state index < -0.39 is 5.82 Å². The normalized spacial score (nSPS) is 13.7. The lowest BCUT2D eigenvalue weighted by atomic mass is 10.1. The van der Waals surface area contributed by atoms with Crippen molar-refractivity contribution in [2.75, 3.05) is 16.8 Å². The number of aromatic nitrogens is 1. The number of nitrogens with zero attached hydrogens (tertiary/aromatic N) is 2. The Morgan fingerprint density at radius 1 is 1.24 bits per heavy atom. The Balaban J connectivity index is 1.43. The predicted molar refractivity (Wildman–Crippen MR) is 113 cm³/mol.